The first-order valence-corrected chi connectivity index (χ1v) is 14.0. The van der Waals surface area contributed by atoms with E-state index < -0.39 is 0 Å². The Morgan fingerprint density at radius 3 is 2.69 bits per heavy atom. The molecule has 3 aromatic rings. The van der Waals surface area contributed by atoms with Crippen LogP contribution in [0.3, 0.4) is 0 Å². The predicted octanol–water partition coefficient (Wildman–Crippen LogP) is 5.91. The summed E-state index contributed by atoms with van der Waals surface area (Å²) in [6.45, 7) is 2.25. The van der Waals surface area contributed by atoms with Crippen molar-refractivity contribution in [3.05, 3.63) is 77.9 Å². The minimum Gasteiger partial charge on any atom is -0.493 e. The van der Waals surface area contributed by atoms with Gasteiger partial charge in [-0.25, -0.2) is 9.99 Å². The monoisotopic (exact) mass is 545 g/mol. The van der Waals surface area contributed by atoms with Crippen LogP contribution in [0, 0.1) is 0 Å². The molecule has 2 heterocycles. The molecular weight excluding hydrogens is 514 g/mol. The van der Waals surface area contributed by atoms with Crippen LogP contribution in [-0.2, 0) is 6.54 Å². The van der Waals surface area contributed by atoms with Crippen molar-refractivity contribution in [2.45, 2.75) is 56.9 Å². The van der Waals surface area contributed by atoms with Gasteiger partial charge >= 0.3 is 5.24 Å². The summed E-state index contributed by atoms with van der Waals surface area (Å²) in [4.78, 5) is 33.8. The highest BCUT2D eigenvalue weighted by atomic mass is 32.2. The van der Waals surface area contributed by atoms with Crippen molar-refractivity contribution in [1.82, 2.24) is 15.0 Å². The maximum Gasteiger partial charge on any atom is 0.302 e. The molecule has 1 aliphatic heterocycles. The normalized spacial score (nSPS) is 17.6. The van der Waals surface area contributed by atoms with Crippen molar-refractivity contribution in [1.29, 1.82) is 0 Å². The molecular formula is C29H31N5O4S. The van der Waals surface area contributed by atoms with E-state index in [1.165, 1.54) is 48.2 Å². The fraction of sp³-hybridized carbons (Fsp3) is 0.345. The number of para-hydroxylation sites is 1. The van der Waals surface area contributed by atoms with Gasteiger partial charge in [0.25, 0.3) is 5.91 Å². The summed E-state index contributed by atoms with van der Waals surface area (Å²) < 4.78 is 11.9. The molecule has 2 amide bonds. The maximum absolute atomic E-state index is 13.1. The Balaban J connectivity index is 1.42. The second kappa shape index (κ2) is 12.3. The van der Waals surface area contributed by atoms with Crippen LogP contribution in [0.15, 0.2) is 66.2 Å². The molecule has 10 heteroatoms. The lowest BCUT2D eigenvalue weighted by Crippen LogP contribution is -2.35. The zero-order valence-electron chi connectivity index (χ0n) is 22.0. The van der Waals surface area contributed by atoms with Crippen LogP contribution in [0.2, 0.25) is 0 Å². The smallest absolute Gasteiger partial charge is 0.302 e. The average Bonchev–Trinajstić information content (AvgIpc) is 3.48. The van der Waals surface area contributed by atoms with Crippen LogP contribution in [0.5, 0.6) is 11.5 Å². The second-order valence-corrected chi connectivity index (χ2v) is 10.6. The minimum atomic E-state index is -0.377. The number of hydrogen-bond donors (Lipinski definition) is 1. The van der Waals surface area contributed by atoms with Gasteiger partial charge in [0.1, 0.15) is 5.69 Å². The van der Waals surface area contributed by atoms with Gasteiger partial charge in [-0.2, -0.15) is 5.10 Å². The SMILES string of the molecule is CCC1SC(=O)N(Cc2ccccc2NC(=O)c2cnccn2)N=C1c1ccc(OC)c(OC2CCCC2)c1. The number of rotatable bonds is 9. The number of ether oxygens (including phenoxy) is 2. The zero-order chi connectivity index (χ0) is 27.2. The van der Waals surface area contributed by atoms with Crippen LogP contribution >= 0.6 is 11.8 Å². The third-order valence-corrected chi connectivity index (χ3v) is 8.05. The van der Waals surface area contributed by atoms with Crippen molar-refractivity contribution >= 4 is 34.3 Å². The third kappa shape index (κ3) is 6.22. The minimum absolute atomic E-state index is 0.0897. The Kier molecular flexibility index (Phi) is 8.41. The van der Waals surface area contributed by atoms with Crippen LogP contribution in [0.1, 0.15) is 60.6 Å². The zero-order valence-corrected chi connectivity index (χ0v) is 22.8. The molecule has 1 N–H and O–H groups in total. The van der Waals surface area contributed by atoms with E-state index in [9.17, 15) is 9.59 Å². The van der Waals surface area contributed by atoms with Crippen LogP contribution in [-0.4, -0.2) is 50.3 Å². The Labute approximate surface area is 232 Å². The summed E-state index contributed by atoms with van der Waals surface area (Å²) in [5.74, 6) is 1.01. The number of nitrogens with zero attached hydrogens (tertiary/aromatic N) is 4. The second-order valence-electron chi connectivity index (χ2n) is 9.42. The fourth-order valence-electron chi connectivity index (χ4n) is 4.75. The van der Waals surface area contributed by atoms with Gasteiger partial charge in [-0.3, -0.25) is 14.6 Å². The van der Waals surface area contributed by atoms with E-state index in [2.05, 4.69) is 15.3 Å². The van der Waals surface area contributed by atoms with Crippen molar-refractivity contribution in [2.24, 2.45) is 5.10 Å². The first-order valence-electron chi connectivity index (χ1n) is 13.1. The van der Waals surface area contributed by atoms with Gasteiger partial charge in [0.2, 0.25) is 0 Å². The van der Waals surface area contributed by atoms with Gasteiger partial charge in [-0.15, -0.1) is 0 Å². The number of nitrogens with one attached hydrogen (secondary N) is 1. The summed E-state index contributed by atoms with van der Waals surface area (Å²) in [7, 11) is 1.64. The molecule has 1 aromatic heterocycles. The topological polar surface area (TPSA) is 106 Å². The number of thioether (sulfide) groups is 1. The van der Waals surface area contributed by atoms with E-state index in [4.69, 9.17) is 14.6 Å². The van der Waals surface area contributed by atoms with Crippen LogP contribution < -0.4 is 14.8 Å². The van der Waals surface area contributed by atoms with E-state index in [1.54, 1.807) is 13.2 Å². The molecule has 0 radical (unpaired) electrons. The van der Waals surface area contributed by atoms with Gasteiger partial charge in [0.05, 0.1) is 36.9 Å². The standard InChI is InChI=1S/C29H31N5O4S/c1-3-26-27(19-12-13-24(37-2)25(16-19)38-21-9-5-6-10-21)33-34(29(36)39-26)18-20-8-4-7-11-22(20)32-28(35)23-17-30-14-15-31-23/h4,7-8,11-17,21,26H,3,5-6,9-10,18H2,1-2H3,(H,32,35). The summed E-state index contributed by atoms with van der Waals surface area (Å²) in [5.41, 5.74) is 3.24. The van der Waals surface area contributed by atoms with Gasteiger partial charge in [0.15, 0.2) is 11.5 Å². The Morgan fingerprint density at radius 2 is 1.95 bits per heavy atom. The number of benzene rings is 2. The van der Waals surface area contributed by atoms with E-state index in [0.29, 0.717) is 17.2 Å². The molecule has 1 atom stereocenters. The van der Waals surface area contributed by atoms with Gasteiger partial charge < -0.3 is 14.8 Å². The van der Waals surface area contributed by atoms with Crippen LogP contribution in [0.4, 0.5) is 10.5 Å². The molecule has 1 fully saturated rings. The van der Waals surface area contributed by atoms with E-state index in [0.717, 1.165) is 36.1 Å². The molecule has 2 aromatic carbocycles. The quantitative estimate of drug-likeness (QED) is 0.356. The van der Waals surface area contributed by atoms with Gasteiger partial charge in [-0.1, -0.05) is 36.9 Å². The lowest BCUT2D eigenvalue weighted by Gasteiger charge is -2.29. The fourth-order valence-corrected chi connectivity index (χ4v) is 5.68. The number of hydrazone groups is 1. The molecule has 0 spiro atoms. The summed E-state index contributed by atoms with van der Waals surface area (Å²) in [6.07, 6.45) is 9.74. The first kappa shape index (κ1) is 26.7. The Morgan fingerprint density at radius 1 is 1.13 bits per heavy atom. The number of anilines is 1. The molecule has 0 bridgehead atoms. The summed E-state index contributed by atoms with van der Waals surface area (Å²) in [6, 6.07) is 13.2. The van der Waals surface area contributed by atoms with Crippen LogP contribution in [0.25, 0.3) is 0 Å². The summed E-state index contributed by atoms with van der Waals surface area (Å²) >= 11 is 1.26. The first-order chi connectivity index (χ1) is 19.1. The largest absolute Gasteiger partial charge is 0.493 e. The molecule has 202 valence electrons. The molecule has 39 heavy (non-hydrogen) atoms. The number of carbonyl (C=O) groups is 2. The number of aromatic nitrogens is 2. The maximum atomic E-state index is 13.1. The van der Waals surface area contributed by atoms with Crippen molar-refractivity contribution in [2.75, 3.05) is 12.4 Å². The van der Waals surface area contributed by atoms with E-state index >= 15 is 0 Å². The highest BCUT2D eigenvalue weighted by molar-refractivity contribution is 8.14. The lowest BCUT2D eigenvalue weighted by atomic mass is 10.0. The number of amides is 2. The van der Waals surface area contributed by atoms with E-state index in [1.807, 2.05) is 43.3 Å². The molecule has 1 unspecified atom stereocenters. The number of methoxy groups -OCH3 is 1. The molecule has 1 aliphatic carbocycles. The number of hydrogen-bond acceptors (Lipinski definition) is 8. The highest BCUT2D eigenvalue weighted by Crippen LogP contribution is 2.36. The lowest BCUT2D eigenvalue weighted by molar-refractivity contribution is 0.102. The molecule has 5 rings (SSSR count). The Hall–Kier alpha value is -3.92. The van der Waals surface area contributed by atoms with Crippen molar-refractivity contribution < 1.29 is 19.1 Å². The van der Waals surface area contributed by atoms with Crippen molar-refractivity contribution in [3.8, 4) is 11.5 Å². The van der Waals surface area contributed by atoms with Crippen molar-refractivity contribution in [3.63, 3.8) is 0 Å². The highest BCUT2D eigenvalue weighted by Gasteiger charge is 2.31. The molecule has 0 saturated heterocycles. The van der Waals surface area contributed by atoms with Gasteiger partial charge in [-0.05, 0) is 61.9 Å². The number of carbonyl (C=O) groups excluding carboxylic acids is 2. The molecule has 2 aliphatic rings. The molecule has 1 saturated carbocycles. The predicted molar refractivity (Wildman–Crippen MR) is 151 cm³/mol. The molecule has 9 nitrogen and oxygen atoms in total. The van der Waals surface area contributed by atoms with Gasteiger partial charge in [0, 0.05) is 23.6 Å². The Bertz CT molecular complexity index is 1360. The third-order valence-electron chi connectivity index (χ3n) is 6.79. The van der Waals surface area contributed by atoms with E-state index in [-0.39, 0.29) is 34.7 Å². The average molecular weight is 546 g/mol. The summed E-state index contributed by atoms with van der Waals surface area (Å²) in [5, 5.41) is 8.95.